The van der Waals surface area contributed by atoms with Crippen molar-refractivity contribution in [2.45, 2.75) is 0 Å². The Kier molecular flexibility index (Phi) is 8.77. The number of nitrogens with zero attached hydrogens (tertiary/aromatic N) is 2. The van der Waals surface area contributed by atoms with Crippen LogP contribution < -0.4 is 29.9 Å². The van der Waals surface area contributed by atoms with E-state index in [0.717, 1.165) is 5.69 Å². The van der Waals surface area contributed by atoms with Gasteiger partial charge in [0.05, 0.1) is 11.8 Å². The normalized spacial score (nSPS) is 12.1. The summed E-state index contributed by atoms with van der Waals surface area (Å²) in [6.07, 6.45) is 2.91. The Morgan fingerprint density at radius 1 is 0.837 bits per heavy atom. The van der Waals surface area contributed by atoms with Crippen LogP contribution in [0.4, 0.5) is 5.69 Å². The van der Waals surface area contributed by atoms with E-state index in [0.29, 0.717) is 28.2 Å². The minimum absolute atomic E-state index is 0.00822. The molecule has 1 aliphatic heterocycles. The van der Waals surface area contributed by atoms with Crippen LogP contribution in [0.25, 0.3) is 6.08 Å². The Morgan fingerprint density at radius 3 is 2.33 bits per heavy atom. The number of ether oxygens (including phenoxy) is 3. The molecule has 0 unspecified atom stereocenters. The molecule has 5 rings (SSSR count). The van der Waals surface area contributed by atoms with Gasteiger partial charge in [-0.05, 0) is 66.2 Å². The molecule has 10 heteroatoms. The highest BCUT2D eigenvalue weighted by Gasteiger charge is 2.18. The lowest BCUT2D eigenvalue weighted by atomic mass is 10.1. The molecular weight excluding hydrogens is 548 g/mol. The van der Waals surface area contributed by atoms with Crippen molar-refractivity contribution in [3.63, 3.8) is 0 Å². The molecule has 4 aromatic carbocycles. The minimum Gasteiger partial charge on any atom is -0.454 e. The molecule has 43 heavy (non-hydrogen) atoms. The molecule has 1 aliphatic rings. The van der Waals surface area contributed by atoms with Crippen LogP contribution in [0.1, 0.15) is 31.8 Å². The Bertz CT molecular complexity index is 1700. The highest BCUT2D eigenvalue weighted by atomic mass is 16.7. The summed E-state index contributed by atoms with van der Waals surface area (Å²) in [5.74, 6) is -0.444. The van der Waals surface area contributed by atoms with E-state index in [1.165, 1.54) is 6.21 Å². The van der Waals surface area contributed by atoms with Gasteiger partial charge in [0, 0.05) is 30.9 Å². The topological polar surface area (TPSA) is 119 Å². The van der Waals surface area contributed by atoms with Gasteiger partial charge in [0.15, 0.2) is 11.5 Å². The van der Waals surface area contributed by atoms with Gasteiger partial charge in [0.1, 0.15) is 11.4 Å². The number of rotatable bonds is 9. The SMILES string of the molecule is CN(C)c1ccc(C=C(NC(=O)c2ccccc2)C(=O)NN=Cc2ccccc2OC(=O)c2ccc3c(c2)OCO3)cc1. The number of nitrogens with one attached hydrogen (secondary N) is 2. The number of hydrazone groups is 1. The van der Waals surface area contributed by atoms with E-state index < -0.39 is 17.8 Å². The number of esters is 1. The van der Waals surface area contributed by atoms with Gasteiger partial charge in [-0.25, -0.2) is 10.2 Å². The number of anilines is 1. The molecule has 2 N–H and O–H groups in total. The summed E-state index contributed by atoms with van der Waals surface area (Å²) >= 11 is 0. The summed E-state index contributed by atoms with van der Waals surface area (Å²) in [6, 6.07) is 27.6. The zero-order valence-electron chi connectivity index (χ0n) is 23.4. The number of para-hydroxylation sites is 1. The van der Waals surface area contributed by atoms with Crippen LogP contribution in [0, 0.1) is 0 Å². The third kappa shape index (κ3) is 7.25. The van der Waals surface area contributed by atoms with Crippen LogP contribution >= 0.6 is 0 Å². The molecule has 0 saturated carbocycles. The minimum atomic E-state index is -0.646. The van der Waals surface area contributed by atoms with Crippen molar-refractivity contribution in [1.82, 2.24) is 10.7 Å². The Morgan fingerprint density at radius 2 is 1.56 bits per heavy atom. The summed E-state index contributed by atoms with van der Waals surface area (Å²) in [5, 5.41) is 6.74. The van der Waals surface area contributed by atoms with Crippen LogP contribution in [-0.4, -0.2) is 44.9 Å². The van der Waals surface area contributed by atoms with Gasteiger partial charge in [-0.15, -0.1) is 0 Å². The molecule has 2 amide bonds. The monoisotopic (exact) mass is 576 g/mol. The van der Waals surface area contributed by atoms with Crippen molar-refractivity contribution in [3.8, 4) is 17.2 Å². The highest BCUT2D eigenvalue weighted by Crippen LogP contribution is 2.33. The molecule has 0 spiro atoms. The molecule has 216 valence electrons. The van der Waals surface area contributed by atoms with E-state index >= 15 is 0 Å². The maximum absolute atomic E-state index is 13.2. The van der Waals surface area contributed by atoms with Crippen molar-refractivity contribution in [2.24, 2.45) is 5.10 Å². The fraction of sp³-hybridized carbons (Fsp3) is 0.0909. The molecular formula is C33H28N4O6. The van der Waals surface area contributed by atoms with E-state index in [1.54, 1.807) is 78.9 Å². The maximum Gasteiger partial charge on any atom is 0.343 e. The summed E-state index contributed by atoms with van der Waals surface area (Å²) < 4.78 is 16.2. The molecule has 0 aliphatic carbocycles. The first kappa shape index (κ1) is 28.6. The fourth-order valence-corrected chi connectivity index (χ4v) is 4.06. The van der Waals surface area contributed by atoms with Gasteiger partial charge >= 0.3 is 5.97 Å². The number of fused-ring (bicyclic) bond motifs is 1. The summed E-state index contributed by atoms with van der Waals surface area (Å²) in [6.45, 7) is 0.0917. The Labute approximate surface area is 248 Å². The standard InChI is InChI=1S/C33H28N4O6/c1-37(2)26-15-12-22(13-16-26)18-27(35-31(38)23-8-4-3-5-9-23)32(39)36-34-20-25-10-6-7-11-28(25)43-33(40)24-14-17-29-30(19-24)42-21-41-29/h3-20H,21H2,1-2H3,(H,35,38)(H,36,39). The first-order chi connectivity index (χ1) is 20.9. The second-order valence-corrected chi connectivity index (χ2v) is 9.56. The van der Waals surface area contributed by atoms with Gasteiger partial charge in [0.2, 0.25) is 6.79 Å². The van der Waals surface area contributed by atoms with Gasteiger partial charge in [-0.3, -0.25) is 9.59 Å². The van der Waals surface area contributed by atoms with Crippen molar-refractivity contribution < 1.29 is 28.6 Å². The number of carbonyl (C=O) groups is 3. The van der Waals surface area contributed by atoms with Crippen molar-refractivity contribution in [1.29, 1.82) is 0 Å². The maximum atomic E-state index is 13.2. The zero-order valence-corrected chi connectivity index (χ0v) is 23.4. The first-order valence-corrected chi connectivity index (χ1v) is 13.3. The van der Waals surface area contributed by atoms with Crippen LogP contribution in [0.3, 0.4) is 0 Å². The van der Waals surface area contributed by atoms with Crippen LogP contribution in [0.5, 0.6) is 17.2 Å². The zero-order chi connectivity index (χ0) is 30.2. The first-order valence-electron chi connectivity index (χ1n) is 13.3. The van der Waals surface area contributed by atoms with Gasteiger partial charge in [0.25, 0.3) is 11.8 Å². The lowest BCUT2D eigenvalue weighted by Crippen LogP contribution is -2.32. The van der Waals surface area contributed by atoms with Crippen molar-refractivity contribution in [3.05, 3.63) is 125 Å². The molecule has 0 saturated heterocycles. The molecule has 4 aromatic rings. The summed E-state index contributed by atoms with van der Waals surface area (Å²) in [5.41, 5.74) is 5.24. The van der Waals surface area contributed by atoms with E-state index in [-0.39, 0.29) is 23.8 Å². The summed E-state index contributed by atoms with van der Waals surface area (Å²) in [7, 11) is 3.86. The molecule has 0 atom stereocenters. The van der Waals surface area contributed by atoms with Gasteiger partial charge in [-0.2, -0.15) is 5.10 Å². The summed E-state index contributed by atoms with van der Waals surface area (Å²) in [4.78, 5) is 40.8. The predicted octanol–water partition coefficient (Wildman–Crippen LogP) is 4.62. The largest absolute Gasteiger partial charge is 0.454 e. The highest BCUT2D eigenvalue weighted by molar-refractivity contribution is 6.05. The number of carbonyl (C=O) groups excluding carboxylic acids is 3. The van der Waals surface area contributed by atoms with Crippen molar-refractivity contribution in [2.75, 3.05) is 25.8 Å². The van der Waals surface area contributed by atoms with Gasteiger partial charge in [-0.1, -0.05) is 42.5 Å². The molecule has 0 bridgehead atoms. The fourth-order valence-electron chi connectivity index (χ4n) is 4.06. The Hall–Kier alpha value is -5.90. The average Bonchev–Trinajstić information content (AvgIpc) is 3.50. The molecule has 10 nitrogen and oxygen atoms in total. The second kappa shape index (κ2) is 13.2. The average molecular weight is 577 g/mol. The molecule has 0 fully saturated rings. The number of hydrogen-bond acceptors (Lipinski definition) is 8. The van der Waals surface area contributed by atoms with Crippen molar-refractivity contribution >= 4 is 35.8 Å². The number of amides is 2. The van der Waals surface area contributed by atoms with Crippen LogP contribution in [0.2, 0.25) is 0 Å². The quantitative estimate of drug-likeness (QED) is 0.0981. The lowest BCUT2D eigenvalue weighted by Gasteiger charge is -2.13. The van der Waals surface area contributed by atoms with Crippen LogP contribution in [0.15, 0.2) is 108 Å². The smallest absolute Gasteiger partial charge is 0.343 e. The third-order valence-corrected chi connectivity index (χ3v) is 6.35. The number of benzene rings is 4. The van der Waals surface area contributed by atoms with E-state index in [4.69, 9.17) is 14.2 Å². The van der Waals surface area contributed by atoms with Gasteiger partial charge < -0.3 is 24.4 Å². The molecule has 0 aromatic heterocycles. The van der Waals surface area contributed by atoms with E-state index in [9.17, 15) is 14.4 Å². The molecule has 0 radical (unpaired) electrons. The molecule has 1 heterocycles. The van der Waals surface area contributed by atoms with Crippen LogP contribution in [-0.2, 0) is 4.79 Å². The lowest BCUT2D eigenvalue weighted by molar-refractivity contribution is -0.117. The van der Waals surface area contributed by atoms with E-state index in [1.807, 2.05) is 43.3 Å². The Balaban J connectivity index is 1.31. The van der Waals surface area contributed by atoms with E-state index in [2.05, 4.69) is 15.8 Å². The second-order valence-electron chi connectivity index (χ2n) is 9.56. The predicted molar refractivity (Wildman–Crippen MR) is 162 cm³/mol. The third-order valence-electron chi connectivity index (χ3n) is 6.35. The number of hydrogen-bond donors (Lipinski definition) is 2.